The van der Waals surface area contributed by atoms with E-state index in [1.807, 2.05) is 30.3 Å². The zero-order valence-electron chi connectivity index (χ0n) is 14.8. The monoisotopic (exact) mass is 349 g/mol. The van der Waals surface area contributed by atoms with E-state index in [1.165, 1.54) is 16.0 Å². The highest BCUT2D eigenvalue weighted by molar-refractivity contribution is 5.93. The molecule has 0 bridgehead atoms. The lowest BCUT2D eigenvalue weighted by Gasteiger charge is -2.20. The Morgan fingerprint density at radius 3 is 2.35 bits per heavy atom. The van der Waals surface area contributed by atoms with Crippen LogP contribution < -0.4 is 0 Å². The molecule has 4 rings (SSSR count). The van der Waals surface area contributed by atoms with Crippen LogP contribution in [0.3, 0.4) is 0 Å². The first kappa shape index (κ1) is 16.8. The van der Waals surface area contributed by atoms with Crippen molar-refractivity contribution in [3.63, 3.8) is 0 Å². The summed E-state index contributed by atoms with van der Waals surface area (Å²) in [6, 6.07) is 18.2. The van der Waals surface area contributed by atoms with Gasteiger partial charge in [0.15, 0.2) is 0 Å². The van der Waals surface area contributed by atoms with E-state index in [2.05, 4.69) is 24.3 Å². The van der Waals surface area contributed by atoms with Gasteiger partial charge >= 0.3 is 6.09 Å². The summed E-state index contributed by atoms with van der Waals surface area (Å²) in [5, 5.41) is 0. The van der Waals surface area contributed by atoms with Crippen molar-refractivity contribution in [2.24, 2.45) is 5.92 Å². The van der Waals surface area contributed by atoms with Crippen LogP contribution in [0.2, 0.25) is 0 Å². The lowest BCUT2D eigenvalue weighted by molar-refractivity contribution is -0.129. The third-order valence-corrected chi connectivity index (χ3v) is 5.45. The quantitative estimate of drug-likeness (QED) is 0.825. The highest BCUT2D eigenvalue weighted by atomic mass is 16.6. The van der Waals surface area contributed by atoms with Crippen LogP contribution in [-0.2, 0) is 28.8 Å². The Morgan fingerprint density at radius 2 is 1.65 bits per heavy atom. The smallest absolute Gasteiger partial charge is 0.416 e. The van der Waals surface area contributed by atoms with Gasteiger partial charge in [-0.05, 0) is 48.3 Å². The van der Waals surface area contributed by atoms with Gasteiger partial charge in [-0.15, -0.1) is 0 Å². The third kappa shape index (κ3) is 3.50. The predicted molar refractivity (Wildman–Crippen MR) is 98.7 cm³/mol. The Bertz CT molecular complexity index is 777. The van der Waals surface area contributed by atoms with Crippen molar-refractivity contribution >= 4 is 12.0 Å². The summed E-state index contributed by atoms with van der Waals surface area (Å²) in [6.07, 6.45) is 3.43. The molecular weight excluding hydrogens is 326 g/mol. The molecule has 1 aliphatic carbocycles. The van der Waals surface area contributed by atoms with E-state index in [9.17, 15) is 9.59 Å². The summed E-state index contributed by atoms with van der Waals surface area (Å²) in [7, 11) is 0. The highest BCUT2D eigenvalue weighted by Crippen LogP contribution is 2.30. The molecular formula is C22H23NO3. The molecule has 1 aliphatic heterocycles. The van der Waals surface area contributed by atoms with Gasteiger partial charge in [0.05, 0.1) is 6.04 Å². The first-order chi connectivity index (χ1) is 12.7. The lowest BCUT2D eigenvalue weighted by atomic mass is 9.99. The lowest BCUT2D eigenvalue weighted by Crippen LogP contribution is -2.40. The zero-order chi connectivity index (χ0) is 17.9. The fraction of sp³-hybridized carbons (Fsp3) is 0.364. The standard InChI is InChI=1S/C22H23NO3/c24-21(11-10-17-12-18-8-4-5-9-19(18)13-17)23-20(15-26-22(23)25)14-16-6-2-1-3-7-16/h1-9,17,20H,10-15H2. The summed E-state index contributed by atoms with van der Waals surface area (Å²) >= 11 is 0. The van der Waals surface area contributed by atoms with Crippen LogP contribution >= 0.6 is 0 Å². The van der Waals surface area contributed by atoms with Crippen LogP contribution in [0, 0.1) is 5.92 Å². The molecule has 134 valence electrons. The number of fused-ring (bicyclic) bond motifs is 1. The third-order valence-electron chi connectivity index (χ3n) is 5.45. The minimum Gasteiger partial charge on any atom is -0.447 e. The molecule has 0 radical (unpaired) electrons. The van der Waals surface area contributed by atoms with Gasteiger partial charge in [-0.2, -0.15) is 0 Å². The van der Waals surface area contributed by atoms with Gasteiger partial charge in [-0.3, -0.25) is 4.79 Å². The SMILES string of the molecule is O=C(CCC1Cc2ccccc2C1)N1C(=O)OCC1Cc1ccccc1. The summed E-state index contributed by atoms with van der Waals surface area (Å²) in [5.74, 6) is 0.381. The van der Waals surface area contributed by atoms with Gasteiger partial charge in [0.25, 0.3) is 0 Å². The van der Waals surface area contributed by atoms with Crippen LogP contribution in [0.25, 0.3) is 0 Å². The number of cyclic esters (lactones) is 1. The van der Waals surface area contributed by atoms with E-state index in [0.717, 1.165) is 24.8 Å². The number of benzene rings is 2. The average molecular weight is 349 g/mol. The molecule has 2 aromatic carbocycles. The Kier molecular flexibility index (Phi) is 4.74. The maximum absolute atomic E-state index is 12.7. The van der Waals surface area contributed by atoms with Gasteiger partial charge in [0.1, 0.15) is 6.61 Å². The highest BCUT2D eigenvalue weighted by Gasteiger charge is 2.37. The summed E-state index contributed by atoms with van der Waals surface area (Å²) < 4.78 is 5.16. The van der Waals surface area contributed by atoms with E-state index in [1.54, 1.807) is 0 Å². The van der Waals surface area contributed by atoms with Gasteiger partial charge in [-0.1, -0.05) is 54.6 Å². The molecule has 4 nitrogen and oxygen atoms in total. The molecule has 2 aliphatic rings. The Hall–Kier alpha value is -2.62. The van der Waals surface area contributed by atoms with E-state index in [0.29, 0.717) is 18.8 Å². The molecule has 1 unspecified atom stereocenters. The number of hydrogen-bond donors (Lipinski definition) is 0. The van der Waals surface area contributed by atoms with Gasteiger partial charge in [-0.25, -0.2) is 9.69 Å². The summed E-state index contributed by atoms with van der Waals surface area (Å²) in [6.45, 7) is 0.286. The number of imide groups is 1. The second-order valence-electron chi connectivity index (χ2n) is 7.27. The molecule has 26 heavy (non-hydrogen) atoms. The molecule has 2 aromatic rings. The summed E-state index contributed by atoms with van der Waals surface area (Å²) in [4.78, 5) is 26.1. The number of carbonyl (C=O) groups is 2. The number of ether oxygens (including phenoxy) is 1. The Labute approximate surface area is 153 Å². The topological polar surface area (TPSA) is 46.6 Å². The van der Waals surface area contributed by atoms with Gasteiger partial charge in [0.2, 0.25) is 5.91 Å². The van der Waals surface area contributed by atoms with Crippen LogP contribution in [0.15, 0.2) is 54.6 Å². The van der Waals surface area contributed by atoms with Crippen molar-refractivity contribution in [1.82, 2.24) is 4.90 Å². The van der Waals surface area contributed by atoms with Crippen LogP contribution in [0.5, 0.6) is 0 Å². The van der Waals surface area contributed by atoms with Gasteiger partial charge in [0, 0.05) is 6.42 Å². The van der Waals surface area contributed by atoms with Crippen molar-refractivity contribution in [3.8, 4) is 0 Å². The fourth-order valence-corrected chi connectivity index (χ4v) is 4.10. The van der Waals surface area contributed by atoms with E-state index in [-0.39, 0.29) is 18.6 Å². The molecule has 0 N–H and O–H groups in total. The Morgan fingerprint density at radius 1 is 1.00 bits per heavy atom. The second-order valence-corrected chi connectivity index (χ2v) is 7.27. The first-order valence-electron chi connectivity index (χ1n) is 9.30. The van der Waals surface area contributed by atoms with Crippen molar-refractivity contribution in [2.45, 2.75) is 38.1 Å². The number of rotatable bonds is 5. The van der Waals surface area contributed by atoms with Gasteiger partial charge < -0.3 is 4.74 Å². The number of nitrogens with zero attached hydrogens (tertiary/aromatic N) is 1. The fourth-order valence-electron chi connectivity index (χ4n) is 4.10. The largest absolute Gasteiger partial charge is 0.447 e. The van der Waals surface area contributed by atoms with Crippen LogP contribution in [0.4, 0.5) is 4.79 Å². The average Bonchev–Trinajstić information content (AvgIpc) is 3.24. The van der Waals surface area contributed by atoms with E-state index < -0.39 is 6.09 Å². The van der Waals surface area contributed by atoms with E-state index in [4.69, 9.17) is 4.74 Å². The molecule has 0 spiro atoms. The van der Waals surface area contributed by atoms with Crippen LogP contribution in [-0.4, -0.2) is 29.5 Å². The van der Waals surface area contributed by atoms with Crippen LogP contribution in [0.1, 0.15) is 29.5 Å². The maximum atomic E-state index is 12.7. The van der Waals surface area contributed by atoms with Crippen molar-refractivity contribution in [2.75, 3.05) is 6.61 Å². The Balaban J connectivity index is 1.35. The zero-order valence-corrected chi connectivity index (χ0v) is 14.8. The normalized spacial score (nSPS) is 19.5. The number of hydrogen-bond acceptors (Lipinski definition) is 3. The van der Waals surface area contributed by atoms with Crippen molar-refractivity contribution < 1.29 is 14.3 Å². The molecule has 0 saturated carbocycles. The minimum absolute atomic E-state index is 0.107. The van der Waals surface area contributed by atoms with Crippen molar-refractivity contribution in [1.29, 1.82) is 0 Å². The van der Waals surface area contributed by atoms with E-state index >= 15 is 0 Å². The molecule has 1 saturated heterocycles. The number of carbonyl (C=O) groups excluding carboxylic acids is 2. The molecule has 4 heteroatoms. The first-order valence-corrected chi connectivity index (χ1v) is 9.30. The maximum Gasteiger partial charge on any atom is 0.416 e. The summed E-state index contributed by atoms with van der Waals surface area (Å²) in [5.41, 5.74) is 3.90. The predicted octanol–water partition coefficient (Wildman–Crippen LogP) is 3.77. The minimum atomic E-state index is -0.495. The second kappa shape index (κ2) is 7.32. The molecule has 0 aromatic heterocycles. The van der Waals surface area contributed by atoms with Crippen molar-refractivity contribution in [3.05, 3.63) is 71.3 Å². The number of amides is 2. The molecule has 2 amide bonds. The molecule has 1 atom stereocenters. The molecule has 1 heterocycles. The molecule has 1 fully saturated rings.